The molecule has 0 bridgehead atoms. The van der Waals surface area contributed by atoms with E-state index in [2.05, 4.69) is 37.5 Å². The number of anilines is 1. The van der Waals surface area contributed by atoms with Crippen LogP contribution in [0.4, 0.5) is 5.69 Å². The van der Waals surface area contributed by atoms with Crippen molar-refractivity contribution in [3.05, 3.63) is 74.9 Å². The maximum absolute atomic E-state index is 13.7. The fourth-order valence-electron chi connectivity index (χ4n) is 5.00. The highest BCUT2D eigenvalue weighted by Gasteiger charge is 2.35. The molecule has 1 saturated heterocycles. The highest BCUT2D eigenvalue weighted by molar-refractivity contribution is 9.10. The number of ether oxygens (including phenoxy) is 1. The molecule has 10 heteroatoms. The molecule has 3 heterocycles. The first-order valence-corrected chi connectivity index (χ1v) is 14.1. The van der Waals surface area contributed by atoms with Crippen molar-refractivity contribution in [3.63, 3.8) is 0 Å². The lowest BCUT2D eigenvalue weighted by Gasteiger charge is -2.21. The molecule has 0 aliphatic carbocycles. The number of benzene rings is 2. The van der Waals surface area contributed by atoms with Crippen molar-refractivity contribution >= 4 is 50.5 Å². The second-order valence-corrected chi connectivity index (χ2v) is 12.2. The number of aryl methyl sites for hydroxylation is 3. The maximum atomic E-state index is 13.7. The third-order valence-corrected chi connectivity index (χ3v) is 7.32. The Labute approximate surface area is 246 Å². The van der Waals surface area contributed by atoms with Gasteiger partial charge in [-0.25, -0.2) is 9.78 Å². The smallest absolute Gasteiger partial charge is 0.338 e. The lowest BCUT2D eigenvalue weighted by molar-refractivity contribution is -0.118. The fourth-order valence-corrected chi connectivity index (χ4v) is 5.49. The molecule has 212 valence electrons. The molecule has 2 aromatic carbocycles. The zero-order valence-electron chi connectivity index (χ0n) is 23.8. The van der Waals surface area contributed by atoms with Crippen molar-refractivity contribution in [1.82, 2.24) is 15.5 Å². The largest absolute Gasteiger partial charge is 0.456 e. The predicted molar refractivity (Wildman–Crippen MR) is 159 cm³/mol. The predicted octanol–water partition coefficient (Wildman–Crippen LogP) is 6.07. The molecule has 9 nitrogen and oxygen atoms in total. The number of hydrogen-bond acceptors (Lipinski definition) is 7. The summed E-state index contributed by atoms with van der Waals surface area (Å²) >= 11 is 3.44. The van der Waals surface area contributed by atoms with Gasteiger partial charge in [0.05, 0.1) is 27.9 Å². The number of carbonyl (C=O) groups excluding carboxylic acids is 3. The molecule has 1 fully saturated rings. The zero-order valence-corrected chi connectivity index (χ0v) is 25.4. The van der Waals surface area contributed by atoms with Gasteiger partial charge in [-0.15, -0.1) is 0 Å². The van der Waals surface area contributed by atoms with Crippen LogP contribution in [0.5, 0.6) is 0 Å². The molecule has 4 aromatic rings. The number of aromatic nitrogens is 2. The van der Waals surface area contributed by atoms with Crippen molar-refractivity contribution in [2.24, 2.45) is 0 Å². The van der Waals surface area contributed by atoms with Gasteiger partial charge in [0.2, 0.25) is 5.91 Å². The summed E-state index contributed by atoms with van der Waals surface area (Å²) in [5.74, 6) is -1.17. The minimum Gasteiger partial charge on any atom is -0.456 e. The third-order valence-electron chi connectivity index (χ3n) is 6.86. The second kappa shape index (κ2) is 10.7. The molecule has 0 radical (unpaired) electrons. The molecule has 1 unspecified atom stereocenters. The summed E-state index contributed by atoms with van der Waals surface area (Å²) in [5, 5.41) is 7.44. The average molecular weight is 620 g/mol. The molecule has 0 saturated carbocycles. The number of halogens is 1. The number of esters is 1. The van der Waals surface area contributed by atoms with Crippen LogP contribution in [-0.4, -0.2) is 46.1 Å². The third kappa shape index (κ3) is 5.88. The van der Waals surface area contributed by atoms with Crippen LogP contribution in [-0.2, 0) is 9.53 Å². The van der Waals surface area contributed by atoms with Crippen LogP contribution in [0.1, 0.15) is 64.7 Å². The maximum Gasteiger partial charge on any atom is 0.338 e. The molecule has 41 heavy (non-hydrogen) atoms. The zero-order chi connectivity index (χ0) is 29.6. The Balaban J connectivity index is 1.41. The van der Waals surface area contributed by atoms with Crippen molar-refractivity contribution in [3.8, 4) is 11.3 Å². The lowest BCUT2D eigenvalue weighted by Crippen LogP contribution is -2.41. The van der Waals surface area contributed by atoms with Crippen molar-refractivity contribution < 1.29 is 23.6 Å². The minimum absolute atomic E-state index is 0.258. The summed E-state index contributed by atoms with van der Waals surface area (Å²) in [6.45, 7) is 11.5. The normalized spacial score (nSPS) is 15.4. The van der Waals surface area contributed by atoms with E-state index in [4.69, 9.17) is 9.26 Å². The van der Waals surface area contributed by atoms with Gasteiger partial charge in [0.15, 0.2) is 0 Å². The number of amides is 2. The Morgan fingerprint density at radius 2 is 1.85 bits per heavy atom. The van der Waals surface area contributed by atoms with E-state index in [1.54, 1.807) is 56.9 Å². The van der Waals surface area contributed by atoms with E-state index in [9.17, 15) is 14.4 Å². The monoisotopic (exact) mass is 618 g/mol. The van der Waals surface area contributed by atoms with Crippen LogP contribution in [0.15, 0.2) is 51.5 Å². The Morgan fingerprint density at radius 1 is 1.10 bits per heavy atom. The Hall–Kier alpha value is -4.05. The number of rotatable bonds is 5. The molecule has 5 rings (SSSR count). The summed E-state index contributed by atoms with van der Waals surface area (Å²) in [5.41, 5.74) is 4.93. The van der Waals surface area contributed by atoms with Crippen LogP contribution < -0.4 is 10.2 Å². The standard InChI is InChI=1S/C31H31BrN4O5/c1-16-7-8-22(17(2)11-16)25-15-23(26-18(3)35-41-28(26)34-25)27(37)33-24-9-10-36(29(24)38)21-13-19(12-20(32)14-21)30(39)40-31(4,5)6/h7-8,11-15,24H,9-10H2,1-6H3,(H,33,37). The number of nitrogens with one attached hydrogen (secondary N) is 1. The van der Waals surface area contributed by atoms with E-state index < -0.39 is 23.5 Å². The number of nitrogens with zero attached hydrogens (tertiary/aromatic N) is 3. The first kappa shape index (κ1) is 28.5. The SMILES string of the molecule is Cc1ccc(-c2cc(C(=O)NC3CCN(c4cc(Br)cc(C(=O)OC(C)(C)C)c4)C3=O)c3c(C)noc3n2)c(C)c1. The molecule has 1 aliphatic rings. The second-order valence-electron chi connectivity index (χ2n) is 11.3. The number of carbonyl (C=O) groups is 3. The molecule has 1 aliphatic heterocycles. The van der Waals surface area contributed by atoms with E-state index in [0.717, 1.165) is 16.7 Å². The average Bonchev–Trinajstić information content (AvgIpc) is 3.44. The first-order valence-electron chi connectivity index (χ1n) is 13.3. The number of pyridine rings is 1. The van der Waals surface area contributed by atoms with Gasteiger partial charge in [-0.2, -0.15) is 0 Å². The highest BCUT2D eigenvalue weighted by atomic mass is 79.9. The van der Waals surface area contributed by atoms with Crippen molar-refractivity contribution in [2.75, 3.05) is 11.4 Å². The quantitative estimate of drug-likeness (QED) is 0.270. The summed E-state index contributed by atoms with van der Waals surface area (Å²) in [6, 6.07) is 12.0. The first-order chi connectivity index (χ1) is 19.3. The molecule has 0 spiro atoms. The van der Waals surface area contributed by atoms with E-state index in [0.29, 0.717) is 51.0 Å². The van der Waals surface area contributed by atoms with Crippen LogP contribution >= 0.6 is 15.9 Å². The van der Waals surface area contributed by atoms with E-state index in [1.807, 2.05) is 26.0 Å². The minimum atomic E-state index is -0.751. The summed E-state index contributed by atoms with van der Waals surface area (Å²) in [4.78, 5) is 46.0. The van der Waals surface area contributed by atoms with Gasteiger partial charge in [-0.3, -0.25) is 9.59 Å². The van der Waals surface area contributed by atoms with E-state index in [-0.39, 0.29) is 11.6 Å². The molecular weight excluding hydrogens is 588 g/mol. The Bertz CT molecular complexity index is 1700. The van der Waals surface area contributed by atoms with Crippen LogP contribution in [0.2, 0.25) is 0 Å². The van der Waals surface area contributed by atoms with Crippen molar-refractivity contribution in [1.29, 1.82) is 0 Å². The lowest BCUT2D eigenvalue weighted by atomic mass is 10.00. The highest BCUT2D eigenvalue weighted by Crippen LogP contribution is 2.31. The van der Waals surface area contributed by atoms with Gasteiger partial charge >= 0.3 is 5.97 Å². The molecular formula is C31H31BrN4O5. The molecule has 2 aromatic heterocycles. The van der Waals surface area contributed by atoms with Crippen LogP contribution in [0.25, 0.3) is 22.4 Å². The molecule has 2 amide bonds. The Morgan fingerprint density at radius 3 is 2.56 bits per heavy atom. The van der Waals surface area contributed by atoms with Gasteiger partial charge in [-0.1, -0.05) is 44.8 Å². The fraction of sp³-hybridized carbons (Fsp3) is 0.323. The van der Waals surface area contributed by atoms with Gasteiger partial charge in [0, 0.05) is 22.3 Å². The Kier molecular flexibility index (Phi) is 7.46. The van der Waals surface area contributed by atoms with E-state index in [1.165, 1.54) is 0 Å². The van der Waals surface area contributed by atoms with Gasteiger partial charge in [0.1, 0.15) is 11.6 Å². The van der Waals surface area contributed by atoms with Gasteiger partial charge in [-0.05, 0) is 77.8 Å². The van der Waals surface area contributed by atoms with Gasteiger partial charge < -0.3 is 19.5 Å². The topological polar surface area (TPSA) is 115 Å². The van der Waals surface area contributed by atoms with Gasteiger partial charge in [0.25, 0.3) is 11.6 Å². The molecule has 1 N–H and O–H groups in total. The van der Waals surface area contributed by atoms with Crippen LogP contribution in [0, 0.1) is 20.8 Å². The molecule has 1 atom stereocenters. The summed E-state index contributed by atoms with van der Waals surface area (Å²) < 4.78 is 11.6. The van der Waals surface area contributed by atoms with Crippen molar-refractivity contribution in [2.45, 2.75) is 59.6 Å². The summed E-state index contributed by atoms with van der Waals surface area (Å²) in [6.07, 6.45) is 0.402. The number of fused-ring (bicyclic) bond motifs is 1. The number of hydrogen-bond donors (Lipinski definition) is 1. The van der Waals surface area contributed by atoms with Crippen LogP contribution in [0.3, 0.4) is 0 Å². The summed E-state index contributed by atoms with van der Waals surface area (Å²) in [7, 11) is 0. The van der Waals surface area contributed by atoms with E-state index >= 15 is 0 Å².